The molecule has 4 aromatic carbocycles. The summed E-state index contributed by atoms with van der Waals surface area (Å²) >= 11 is 1.32. The van der Waals surface area contributed by atoms with Crippen LogP contribution in [0, 0.1) is 53.3 Å². The van der Waals surface area contributed by atoms with Gasteiger partial charge in [0.1, 0.15) is 11.6 Å². The average Bonchev–Trinajstić information content (AvgIpc) is 3.49. The van der Waals surface area contributed by atoms with Crippen molar-refractivity contribution in [3.8, 4) is 10.4 Å². The number of nitro benzene ring substituents is 4. The lowest BCUT2D eigenvalue weighted by Crippen LogP contribution is -2.09. The molecule has 0 aliphatic rings. The predicted molar refractivity (Wildman–Crippen MR) is 224 cm³/mol. The van der Waals surface area contributed by atoms with Crippen LogP contribution in [0.2, 0.25) is 0 Å². The Balaban J connectivity index is 0.000000279. The lowest BCUT2D eigenvalue weighted by Gasteiger charge is -2.03. The molecule has 1 heterocycles. The number of nitro groups is 4. The minimum absolute atomic E-state index is 0.000178. The van der Waals surface area contributed by atoms with Crippen LogP contribution < -0.4 is 5.73 Å². The SMILES string of the molecule is CC(=O)Cc1ccc([N+](=O)[O-])cc1.CC(=O)c1c(N)sc(-c2ccc([N+](=O)[O-])cc2)c1C.CC(C)C(=O)Cc1ccc([N+](=O)[O-])cc1.O=C(O)Cc1ccc([N+](=O)[O-])cc1. The van der Waals surface area contributed by atoms with Gasteiger partial charge in [-0.05, 0) is 60.7 Å². The molecule has 0 spiro atoms. The Bertz CT molecular complexity index is 2270. The molecule has 0 amide bonds. The number of carbonyl (C=O) groups excluding carboxylic acids is 3. The molecule has 0 unspecified atom stereocenters. The lowest BCUT2D eigenvalue weighted by atomic mass is 10.0. The third-order valence-electron chi connectivity index (χ3n) is 8.14. The number of non-ortho nitro benzene ring substituents is 4. The molecule has 0 radical (unpaired) electrons. The van der Waals surface area contributed by atoms with Crippen molar-refractivity contribution >= 4 is 62.4 Å². The Morgan fingerprint density at radius 3 is 1.22 bits per heavy atom. The topological polar surface area (TPSA) is 287 Å². The normalized spacial score (nSPS) is 10.0. The summed E-state index contributed by atoms with van der Waals surface area (Å²) in [5.74, 6) is -0.828. The number of carboxylic acid groups (broad SMARTS) is 1. The standard InChI is InChI=1S/C13H12N2O3S.C11H13NO3.C9H9NO3.C8H7NO4/c1-7-11(8(2)16)13(14)19-12(7)9-3-5-10(6-4-9)15(17)18;1-8(2)11(13)7-9-3-5-10(6-4-9)12(14)15;1-7(11)6-8-2-4-9(5-3-8)10(12)13;10-8(11)5-6-1-3-7(4-2-6)9(12)13/h3-6H,14H2,1-2H3;3-6,8H,7H2,1-2H3;2-5H,6H2,1H3;1-4H,5H2,(H,10,11). The monoisotopic (exact) mass is 843 g/mol. The van der Waals surface area contributed by atoms with E-state index in [1.807, 2.05) is 20.8 Å². The minimum Gasteiger partial charge on any atom is -0.481 e. The van der Waals surface area contributed by atoms with Crippen LogP contribution in [0.25, 0.3) is 10.4 Å². The molecular formula is C41H41N5O13S. The van der Waals surface area contributed by atoms with Gasteiger partial charge in [-0.15, -0.1) is 11.3 Å². The second kappa shape index (κ2) is 23.0. The van der Waals surface area contributed by atoms with E-state index in [-0.39, 0.29) is 52.4 Å². The van der Waals surface area contributed by atoms with E-state index in [0.29, 0.717) is 29.0 Å². The number of carbonyl (C=O) groups is 4. The molecule has 19 heteroatoms. The minimum atomic E-state index is -0.950. The Kier molecular flexibility index (Phi) is 18.6. The van der Waals surface area contributed by atoms with Crippen LogP contribution in [0.15, 0.2) is 97.1 Å². The number of nitrogen functional groups attached to an aromatic ring is 1. The van der Waals surface area contributed by atoms with E-state index in [1.54, 1.807) is 36.4 Å². The quantitative estimate of drug-likeness (QED) is 0.0636. The molecule has 0 saturated carbocycles. The van der Waals surface area contributed by atoms with Crippen LogP contribution >= 0.6 is 11.3 Å². The van der Waals surface area contributed by atoms with Crippen molar-refractivity contribution in [1.82, 2.24) is 0 Å². The van der Waals surface area contributed by atoms with E-state index in [1.165, 1.54) is 85.8 Å². The Hall–Kier alpha value is -7.54. The van der Waals surface area contributed by atoms with Crippen molar-refractivity contribution in [1.29, 1.82) is 0 Å². The number of aliphatic carboxylic acids is 1. The second-order valence-corrected chi connectivity index (χ2v) is 14.2. The van der Waals surface area contributed by atoms with Gasteiger partial charge in [0.2, 0.25) is 0 Å². The van der Waals surface area contributed by atoms with Gasteiger partial charge >= 0.3 is 5.97 Å². The smallest absolute Gasteiger partial charge is 0.307 e. The van der Waals surface area contributed by atoms with Gasteiger partial charge in [0.15, 0.2) is 5.78 Å². The molecule has 1 aromatic heterocycles. The van der Waals surface area contributed by atoms with Crippen molar-refractivity contribution in [2.45, 2.75) is 53.9 Å². The molecule has 0 aliphatic carbocycles. The first-order valence-electron chi connectivity index (χ1n) is 17.7. The van der Waals surface area contributed by atoms with Gasteiger partial charge in [-0.25, -0.2) is 0 Å². The largest absolute Gasteiger partial charge is 0.481 e. The number of hydrogen-bond donors (Lipinski definition) is 2. The molecule has 0 atom stereocenters. The van der Waals surface area contributed by atoms with Gasteiger partial charge in [0, 0.05) is 72.2 Å². The molecule has 0 bridgehead atoms. The van der Waals surface area contributed by atoms with E-state index in [9.17, 15) is 59.6 Å². The Morgan fingerprint density at radius 1 is 0.600 bits per heavy atom. The first-order valence-corrected chi connectivity index (χ1v) is 18.5. The zero-order valence-electron chi connectivity index (χ0n) is 33.1. The van der Waals surface area contributed by atoms with Crippen molar-refractivity contribution in [3.05, 3.63) is 165 Å². The van der Waals surface area contributed by atoms with Crippen molar-refractivity contribution in [2.24, 2.45) is 5.92 Å². The van der Waals surface area contributed by atoms with E-state index >= 15 is 0 Å². The van der Waals surface area contributed by atoms with E-state index in [0.717, 1.165) is 27.1 Å². The summed E-state index contributed by atoms with van der Waals surface area (Å²) in [6.45, 7) is 8.48. The summed E-state index contributed by atoms with van der Waals surface area (Å²) in [5, 5.41) is 50.4. The fraction of sp³-hybridized carbons (Fsp3) is 0.220. The van der Waals surface area contributed by atoms with Crippen molar-refractivity contribution in [2.75, 3.05) is 5.73 Å². The number of thiophene rings is 1. The maximum absolute atomic E-state index is 11.5. The lowest BCUT2D eigenvalue weighted by molar-refractivity contribution is -0.385. The zero-order valence-corrected chi connectivity index (χ0v) is 33.9. The van der Waals surface area contributed by atoms with Crippen LogP contribution in [0.1, 0.15) is 60.3 Å². The zero-order chi connectivity index (χ0) is 45.3. The van der Waals surface area contributed by atoms with Crippen LogP contribution in [0.5, 0.6) is 0 Å². The van der Waals surface area contributed by atoms with Crippen LogP contribution in [-0.4, -0.2) is 48.1 Å². The van der Waals surface area contributed by atoms with Crippen molar-refractivity contribution < 1.29 is 44.0 Å². The maximum Gasteiger partial charge on any atom is 0.307 e. The first kappa shape index (κ1) is 48.6. The molecular weight excluding hydrogens is 803 g/mol. The number of anilines is 1. The molecule has 314 valence electrons. The molecule has 0 saturated heterocycles. The number of nitrogens with zero attached hydrogens (tertiary/aromatic N) is 4. The van der Waals surface area contributed by atoms with E-state index < -0.39 is 25.7 Å². The van der Waals surface area contributed by atoms with Gasteiger partial charge in [0.25, 0.3) is 22.7 Å². The molecule has 60 heavy (non-hydrogen) atoms. The van der Waals surface area contributed by atoms with Crippen LogP contribution in [0.4, 0.5) is 27.8 Å². The summed E-state index contributed by atoms with van der Waals surface area (Å²) in [6.07, 6.45) is 0.561. The van der Waals surface area contributed by atoms with Crippen molar-refractivity contribution in [3.63, 3.8) is 0 Å². The van der Waals surface area contributed by atoms with Gasteiger partial charge in [-0.3, -0.25) is 59.6 Å². The Morgan fingerprint density at radius 2 is 0.933 bits per heavy atom. The highest BCUT2D eigenvalue weighted by molar-refractivity contribution is 7.19. The molecule has 5 rings (SSSR count). The van der Waals surface area contributed by atoms with Gasteiger partial charge < -0.3 is 10.8 Å². The summed E-state index contributed by atoms with van der Waals surface area (Å²) in [4.78, 5) is 84.3. The molecule has 0 fully saturated rings. The summed E-state index contributed by atoms with van der Waals surface area (Å²) in [5.41, 5.74) is 10.3. The maximum atomic E-state index is 11.5. The highest BCUT2D eigenvalue weighted by Crippen LogP contribution is 2.38. The molecule has 0 aliphatic heterocycles. The summed E-state index contributed by atoms with van der Waals surface area (Å²) in [6, 6.07) is 23.8. The fourth-order valence-electron chi connectivity index (χ4n) is 5.06. The van der Waals surface area contributed by atoms with Gasteiger partial charge in [0.05, 0.1) is 36.7 Å². The van der Waals surface area contributed by atoms with E-state index in [2.05, 4.69) is 0 Å². The van der Waals surface area contributed by atoms with Crippen LogP contribution in [-0.2, 0) is 33.6 Å². The predicted octanol–water partition coefficient (Wildman–Crippen LogP) is 8.73. The molecule has 3 N–H and O–H groups in total. The number of rotatable bonds is 13. The number of carboxylic acids is 1. The van der Waals surface area contributed by atoms with Gasteiger partial charge in [-0.2, -0.15) is 0 Å². The highest BCUT2D eigenvalue weighted by Gasteiger charge is 2.18. The number of ketones is 3. The van der Waals surface area contributed by atoms with Gasteiger partial charge in [-0.1, -0.05) is 50.2 Å². The average molecular weight is 844 g/mol. The first-order chi connectivity index (χ1) is 28.1. The third kappa shape index (κ3) is 15.8. The Labute approximate surface area is 346 Å². The number of nitrogens with two attached hydrogens (primary N) is 1. The molecule has 5 aromatic rings. The van der Waals surface area contributed by atoms with Crippen LogP contribution in [0.3, 0.4) is 0 Å². The number of hydrogen-bond acceptors (Lipinski definition) is 14. The summed E-state index contributed by atoms with van der Waals surface area (Å²) < 4.78 is 0. The second-order valence-electron chi connectivity index (χ2n) is 13.2. The third-order valence-corrected chi connectivity index (χ3v) is 9.31. The summed E-state index contributed by atoms with van der Waals surface area (Å²) in [7, 11) is 0. The molecule has 18 nitrogen and oxygen atoms in total. The number of benzene rings is 4. The highest BCUT2D eigenvalue weighted by atomic mass is 32.1. The number of Topliss-reactive ketones (excluding diaryl/α,β-unsaturated/α-hetero) is 3. The van der Waals surface area contributed by atoms with E-state index in [4.69, 9.17) is 10.8 Å². The fourth-order valence-corrected chi connectivity index (χ4v) is 6.19.